The Hall–Kier alpha value is -3.79. The molecule has 10 heteroatoms. The molecule has 0 saturated heterocycles. The summed E-state index contributed by atoms with van der Waals surface area (Å²) >= 11 is 1.48. The molecule has 0 atom stereocenters. The molecule has 0 aliphatic carbocycles. The second kappa shape index (κ2) is 9.78. The van der Waals surface area contributed by atoms with Crippen LogP contribution in [-0.4, -0.2) is 51.3 Å². The maximum Gasteiger partial charge on any atom is 0.262 e. The van der Waals surface area contributed by atoms with E-state index in [4.69, 9.17) is 24.0 Å². The third-order valence-corrected chi connectivity index (χ3v) is 5.79. The molecule has 0 fully saturated rings. The first-order valence-electron chi connectivity index (χ1n) is 10.2. The van der Waals surface area contributed by atoms with Crippen molar-refractivity contribution < 1.29 is 23.7 Å². The van der Waals surface area contributed by atoms with E-state index in [-0.39, 0.29) is 12.5 Å². The van der Waals surface area contributed by atoms with E-state index >= 15 is 0 Å². The number of fused-ring (bicyclic) bond motifs is 1. The third kappa shape index (κ3) is 4.56. The van der Waals surface area contributed by atoms with Crippen LogP contribution < -0.4 is 29.1 Å². The highest BCUT2D eigenvalue weighted by Crippen LogP contribution is 2.35. The first-order valence-corrected chi connectivity index (χ1v) is 11.1. The molecule has 2 heterocycles. The molecule has 0 spiro atoms. The first-order chi connectivity index (χ1) is 16.1. The van der Waals surface area contributed by atoms with Gasteiger partial charge in [-0.25, -0.2) is 4.68 Å². The summed E-state index contributed by atoms with van der Waals surface area (Å²) < 4.78 is 23.5. The predicted molar refractivity (Wildman–Crippen MR) is 127 cm³/mol. The summed E-state index contributed by atoms with van der Waals surface area (Å²) in [4.78, 5) is 17.0. The van der Waals surface area contributed by atoms with Crippen LogP contribution in [0.25, 0.3) is 11.3 Å². The molecular formula is C23H24N4O5S. The van der Waals surface area contributed by atoms with Gasteiger partial charge < -0.3 is 24.3 Å². The average molecular weight is 469 g/mol. The molecule has 4 rings (SSSR count). The number of hydrogen-bond acceptors (Lipinski definition) is 8. The zero-order valence-corrected chi connectivity index (χ0v) is 19.6. The lowest BCUT2D eigenvalue weighted by Gasteiger charge is -2.18. The van der Waals surface area contributed by atoms with Gasteiger partial charge in [0.25, 0.3) is 5.91 Å². The quantitative estimate of drug-likeness (QED) is 0.537. The topological polar surface area (TPSA) is 95.7 Å². The molecule has 1 aromatic heterocycles. The van der Waals surface area contributed by atoms with Crippen LogP contribution in [0.5, 0.6) is 23.0 Å². The van der Waals surface area contributed by atoms with Crippen molar-refractivity contribution >= 4 is 29.1 Å². The summed E-state index contributed by atoms with van der Waals surface area (Å²) in [7, 11) is 4.74. The average Bonchev–Trinajstić information content (AvgIpc) is 3.24. The van der Waals surface area contributed by atoms with Gasteiger partial charge in [0.15, 0.2) is 18.1 Å². The second-order valence-corrected chi connectivity index (χ2v) is 7.77. The first kappa shape index (κ1) is 22.4. The van der Waals surface area contributed by atoms with Crippen molar-refractivity contribution in [3.63, 3.8) is 0 Å². The summed E-state index contributed by atoms with van der Waals surface area (Å²) in [5.74, 6) is 2.18. The number of rotatable bonds is 7. The molecule has 2 aromatic carbocycles. The molecule has 0 saturated carbocycles. The zero-order valence-electron chi connectivity index (χ0n) is 18.7. The molecule has 1 aliphatic heterocycles. The lowest BCUT2D eigenvalue weighted by atomic mass is 10.1. The number of thiazole rings is 1. The second-order valence-electron chi connectivity index (χ2n) is 6.93. The summed E-state index contributed by atoms with van der Waals surface area (Å²) in [6, 6.07) is 9.19. The monoisotopic (exact) mass is 468 g/mol. The Morgan fingerprint density at radius 3 is 2.61 bits per heavy atom. The van der Waals surface area contributed by atoms with Gasteiger partial charge in [-0.1, -0.05) is 0 Å². The zero-order chi connectivity index (χ0) is 23.4. The minimum Gasteiger partial charge on any atom is -0.496 e. The van der Waals surface area contributed by atoms with Crippen LogP contribution in [0.1, 0.15) is 12.5 Å². The van der Waals surface area contributed by atoms with Gasteiger partial charge in [0, 0.05) is 29.1 Å². The Kier molecular flexibility index (Phi) is 6.64. The van der Waals surface area contributed by atoms with Crippen LogP contribution in [-0.2, 0) is 4.79 Å². The van der Waals surface area contributed by atoms with Gasteiger partial charge in [-0.2, -0.15) is 5.10 Å². The van der Waals surface area contributed by atoms with E-state index in [1.54, 1.807) is 44.4 Å². The van der Waals surface area contributed by atoms with Crippen molar-refractivity contribution in [2.24, 2.45) is 10.1 Å². The highest BCUT2D eigenvalue weighted by atomic mass is 32.1. The Bertz CT molecular complexity index is 1280. The standard InChI is InChI=1S/C23H24N4O5S/c1-5-24-23-27(25-11-15-9-20(30-3)21(31-4)10-19(15)29-2)17(13-33-23)14-6-7-18-16(8-14)26-22(28)12-32-18/h6-11,13H,5,12H2,1-4H3,(H,26,28). The van der Waals surface area contributed by atoms with Crippen LogP contribution in [0.15, 0.2) is 45.8 Å². The van der Waals surface area contributed by atoms with Crippen molar-refractivity contribution in [1.29, 1.82) is 0 Å². The lowest BCUT2D eigenvalue weighted by molar-refractivity contribution is -0.118. The number of nitrogens with zero attached hydrogens (tertiary/aromatic N) is 3. The van der Waals surface area contributed by atoms with Gasteiger partial charge >= 0.3 is 0 Å². The summed E-state index contributed by atoms with van der Waals surface area (Å²) in [6.45, 7) is 2.60. The van der Waals surface area contributed by atoms with Gasteiger partial charge in [0.05, 0.1) is 38.9 Å². The molecule has 172 valence electrons. The van der Waals surface area contributed by atoms with Crippen molar-refractivity contribution in [1.82, 2.24) is 4.68 Å². The SMILES string of the molecule is CCN=c1scc(-c2ccc3c(c2)NC(=O)CO3)n1N=Cc1cc(OC)c(OC)cc1OC. The van der Waals surface area contributed by atoms with Crippen molar-refractivity contribution in [3.05, 3.63) is 46.1 Å². The van der Waals surface area contributed by atoms with E-state index in [0.717, 1.165) is 16.1 Å². The van der Waals surface area contributed by atoms with Crippen LogP contribution in [0.2, 0.25) is 0 Å². The summed E-state index contributed by atoms with van der Waals surface area (Å²) in [6.07, 6.45) is 1.69. The molecule has 3 aromatic rings. The van der Waals surface area contributed by atoms with E-state index in [2.05, 4.69) is 10.3 Å². The van der Waals surface area contributed by atoms with Crippen LogP contribution >= 0.6 is 11.3 Å². The molecule has 1 amide bonds. The van der Waals surface area contributed by atoms with Gasteiger partial charge in [-0.05, 0) is 31.2 Å². The Morgan fingerprint density at radius 1 is 1.12 bits per heavy atom. The maximum atomic E-state index is 11.7. The number of amides is 1. The highest BCUT2D eigenvalue weighted by molar-refractivity contribution is 7.07. The Morgan fingerprint density at radius 2 is 1.88 bits per heavy atom. The van der Waals surface area contributed by atoms with Crippen LogP contribution in [0.4, 0.5) is 5.69 Å². The fourth-order valence-electron chi connectivity index (χ4n) is 3.37. The van der Waals surface area contributed by atoms with Crippen molar-refractivity contribution in [2.75, 3.05) is 39.8 Å². The molecule has 0 radical (unpaired) electrons. The van der Waals surface area contributed by atoms with Gasteiger partial charge in [-0.3, -0.25) is 9.79 Å². The minimum absolute atomic E-state index is 0.0157. The van der Waals surface area contributed by atoms with Crippen molar-refractivity contribution in [3.8, 4) is 34.3 Å². The highest BCUT2D eigenvalue weighted by Gasteiger charge is 2.18. The number of hydrogen-bond donors (Lipinski definition) is 1. The van der Waals surface area contributed by atoms with E-state index in [1.807, 2.05) is 30.5 Å². The number of carbonyl (C=O) groups is 1. The van der Waals surface area contributed by atoms with E-state index < -0.39 is 0 Å². The minimum atomic E-state index is -0.182. The number of nitrogens with one attached hydrogen (secondary N) is 1. The molecule has 0 bridgehead atoms. The number of anilines is 1. The normalized spacial score (nSPS) is 13.5. The van der Waals surface area contributed by atoms with Gasteiger partial charge in [-0.15, -0.1) is 11.3 Å². The van der Waals surface area contributed by atoms with Crippen LogP contribution in [0.3, 0.4) is 0 Å². The Balaban J connectivity index is 1.79. The van der Waals surface area contributed by atoms with Gasteiger partial charge in [0.2, 0.25) is 4.80 Å². The molecule has 0 unspecified atom stereocenters. The number of carbonyl (C=O) groups excluding carboxylic acids is 1. The molecule has 1 aliphatic rings. The Labute approximate surface area is 194 Å². The van der Waals surface area contributed by atoms with Crippen LogP contribution in [0, 0.1) is 0 Å². The predicted octanol–water partition coefficient (Wildman–Crippen LogP) is 3.38. The molecule has 33 heavy (non-hydrogen) atoms. The van der Waals surface area contributed by atoms with E-state index in [0.29, 0.717) is 40.8 Å². The molecular weight excluding hydrogens is 444 g/mol. The third-order valence-electron chi connectivity index (χ3n) is 4.94. The number of methoxy groups -OCH3 is 3. The lowest BCUT2D eigenvalue weighted by Crippen LogP contribution is -2.25. The van der Waals surface area contributed by atoms with Gasteiger partial charge in [0.1, 0.15) is 11.5 Å². The fourth-order valence-corrected chi connectivity index (χ4v) is 4.27. The van der Waals surface area contributed by atoms with Crippen molar-refractivity contribution in [2.45, 2.75) is 6.92 Å². The largest absolute Gasteiger partial charge is 0.496 e. The van der Waals surface area contributed by atoms with E-state index in [9.17, 15) is 4.79 Å². The number of aromatic nitrogens is 1. The fraction of sp³-hybridized carbons (Fsp3) is 0.261. The smallest absolute Gasteiger partial charge is 0.262 e. The summed E-state index contributed by atoms with van der Waals surface area (Å²) in [5.41, 5.74) is 3.03. The maximum absolute atomic E-state index is 11.7. The summed E-state index contributed by atoms with van der Waals surface area (Å²) in [5, 5.41) is 9.53. The van der Waals surface area contributed by atoms with E-state index in [1.165, 1.54) is 11.3 Å². The molecule has 1 N–H and O–H groups in total. The number of ether oxygens (including phenoxy) is 4. The number of benzene rings is 2. The molecule has 9 nitrogen and oxygen atoms in total.